The number of rotatable bonds is 4. The summed E-state index contributed by atoms with van der Waals surface area (Å²) in [6.07, 6.45) is 0. The zero-order valence-corrected chi connectivity index (χ0v) is 11.5. The Hall–Kier alpha value is -1.11. The van der Waals surface area contributed by atoms with Gasteiger partial charge in [0, 0.05) is 44.5 Å². The van der Waals surface area contributed by atoms with Crippen LogP contribution in [0.3, 0.4) is 0 Å². The molecule has 0 aliphatic carbocycles. The molecule has 2 heterocycles. The lowest BCUT2D eigenvalue weighted by atomic mass is 10.3. The van der Waals surface area contributed by atoms with Crippen LogP contribution in [0.4, 0.5) is 4.39 Å². The second-order valence-electron chi connectivity index (χ2n) is 4.64. The van der Waals surface area contributed by atoms with Crippen molar-refractivity contribution in [1.82, 2.24) is 20.2 Å². The van der Waals surface area contributed by atoms with Crippen molar-refractivity contribution in [3.05, 3.63) is 24.0 Å². The van der Waals surface area contributed by atoms with Crippen molar-refractivity contribution in [1.29, 1.82) is 0 Å². The molecule has 0 saturated carbocycles. The summed E-state index contributed by atoms with van der Waals surface area (Å²) >= 11 is 1.69. The lowest BCUT2D eigenvalue weighted by Gasteiger charge is -2.26. The Labute approximate surface area is 115 Å². The average molecular weight is 280 g/mol. The van der Waals surface area contributed by atoms with Gasteiger partial charge in [-0.25, -0.2) is 9.37 Å². The molecular formula is C13H17FN4S. The second kappa shape index (κ2) is 5.90. The monoisotopic (exact) mass is 280 g/mol. The third-order valence-corrected chi connectivity index (χ3v) is 4.13. The number of fused-ring (bicyclic) bond motifs is 1. The number of H-pyrrole nitrogens is 1. The molecule has 1 aliphatic rings. The van der Waals surface area contributed by atoms with E-state index in [4.69, 9.17) is 0 Å². The molecule has 0 unspecified atom stereocenters. The normalized spacial score (nSPS) is 17.1. The molecule has 1 aromatic heterocycles. The number of thioether (sulfide) groups is 1. The fraction of sp³-hybridized carbons (Fsp3) is 0.462. The fourth-order valence-corrected chi connectivity index (χ4v) is 3.12. The highest BCUT2D eigenvalue weighted by Crippen LogP contribution is 2.20. The third-order valence-electron chi connectivity index (χ3n) is 3.28. The molecule has 1 fully saturated rings. The summed E-state index contributed by atoms with van der Waals surface area (Å²) in [4.78, 5) is 10.1. The zero-order chi connectivity index (χ0) is 13.1. The molecular weight excluding hydrogens is 263 g/mol. The van der Waals surface area contributed by atoms with Gasteiger partial charge in [-0.2, -0.15) is 0 Å². The van der Waals surface area contributed by atoms with Gasteiger partial charge in [-0.15, -0.1) is 0 Å². The van der Waals surface area contributed by atoms with Gasteiger partial charge in [0.2, 0.25) is 0 Å². The molecule has 0 bridgehead atoms. The molecule has 1 aliphatic heterocycles. The van der Waals surface area contributed by atoms with Gasteiger partial charge in [0.15, 0.2) is 5.16 Å². The van der Waals surface area contributed by atoms with E-state index in [-0.39, 0.29) is 5.82 Å². The predicted octanol–water partition coefficient (Wildman–Crippen LogP) is 1.70. The standard InChI is InChI=1S/C13H17FN4S/c14-10-1-2-11-12(9-10)17-13(16-11)19-8-7-18-5-3-15-4-6-18/h1-2,9,15H,3-8H2,(H,16,17). The summed E-state index contributed by atoms with van der Waals surface area (Å²) in [5.74, 6) is 0.763. The van der Waals surface area contributed by atoms with Crippen LogP contribution in [-0.2, 0) is 0 Å². The lowest BCUT2D eigenvalue weighted by molar-refractivity contribution is 0.255. The lowest BCUT2D eigenvalue weighted by Crippen LogP contribution is -2.44. The van der Waals surface area contributed by atoms with Gasteiger partial charge in [0.25, 0.3) is 0 Å². The Morgan fingerprint density at radius 1 is 1.32 bits per heavy atom. The number of benzene rings is 1. The van der Waals surface area contributed by atoms with E-state index in [1.165, 1.54) is 12.1 Å². The molecule has 102 valence electrons. The summed E-state index contributed by atoms with van der Waals surface area (Å²) in [5, 5.41) is 4.21. The maximum absolute atomic E-state index is 13.1. The van der Waals surface area contributed by atoms with Crippen LogP contribution in [0.5, 0.6) is 0 Å². The van der Waals surface area contributed by atoms with Crippen LogP contribution in [0, 0.1) is 5.82 Å². The van der Waals surface area contributed by atoms with E-state index in [9.17, 15) is 4.39 Å². The topological polar surface area (TPSA) is 44.0 Å². The molecule has 2 N–H and O–H groups in total. The average Bonchev–Trinajstić information content (AvgIpc) is 2.82. The van der Waals surface area contributed by atoms with Crippen molar-refractivity contribution in [3.63, 3.8) is 0 Å². The number of imidazole rings is 1. The number of hydrogen-bond donors (Lipinski definition) is 2. The SMILES string of the molecule is Fc1ccc2[nH]c(SCCN3CCNCC3)nc2c1. The van der Waals surface area contributed by atoms with Crippen molar-refractivity contribution >= 4 is 22.8 Å². The summed E-state index contributed by atoms with van der Waals surface area (Å²) < 4.78 is 13.1. The first kappa shape index (κ1) is 12.9. The number of hydrogen-bond acceptors (Lipinski definition) is 4. The molecule has 6 heteroatoms. The van der Waals surface area contributed by atoms with E-state index in [0.29, 0.717) is 5.52 Å². The molecule has 0 radical (unpaired) electrons. The Bertz CT molecular complexity index is 551. The minimum atomic E-state index is -0.239. The van der Waals surface area contributed by atoms with Gasteiger partial charge in [0.1, 0.15) is 5.82 Å². The summed E-state index contributed by atoms with van der Waals surface area (Å²) in [6.45, 7) is 5.46. The Morgan fingerprint density at radius 3 is 3.00 bits per heavy atom. The van der Waals surface area contributed by atoms with Crippen molar-refractivity contribution < 1.29 is 4.39 Å². The van der Waals surface area contributed by atoms with Crippen molar-refractivity contribution in [3.8, 4) is 0 Å². The first-order valence-electron chi connectivity index (χ1n) is 6.52. The minimum absolute atomic E-state index is 0.239. The molecule has 4 nitrogen and oxygen atoms in total. The van der Waals surface area contributed by atoms with Gasteiger partial charge >= 0.3 is 0 Å². The van der Waals surface area contributed by atoms with Crippen LogP contribution >= 0.6 is 11.8 Å². The predicted molar refractivity (Wildman–Crippen MR) is 76.1 cm³/mol. The maximum atomic E-state index is 13.1. The summed E-state index contributed by atoms with van der Waals surface area (Å²) in [5.41, 5.74) is 1.59. The van der Waals surface area contributed by atoms with Crippen molar-refractivity contribution in [2.45, 2.75) is 5.16 Å². The number of aromatic amines is 1. The molecule has 0 atom stereocenters. The van der Waals surface area contributed by atoms with E-state index >= 15 is 0 Å². The number of nitrogens with one attached hydrogen (secondary N) is 2. The Morgan fingerprint density at radius 2 is 2.16 bits per heavy atom. The van der Waals surface area contributed by atoms with Crippen LogP contribution in [0.25, 0.3) is 11.0 Å². The van der Waals surface area contributed by atoms with Crippen molar-refractivity contribution in [2.75, 3.05) is 38.5 Å². The van der Waals surface area contributed by atoms with Crippen LogP contribution in [0.1, 0.15) is 0 Å². The van der Waals surface area contributed by atoms with E-state index in [1.807, 2.05) is 0 Å². The first-order valence-corrected chi connectivity index (χ1v) is 7.51. The summed E-state index contributed by atoms with van der Waals surface area (Å²) in [7, 11) is 0. The van der Waals surface area contributed by atoms with Crippen LogP contribution < -0.4 is 5.32 Å². The molecule has 0 amide bonds. The molecule has 1 aromatic carbocycles. The Balaban J connectivity index is 1.56. The van der Waals surface area contributed by atoms with E-state index in [2.05, 4.69) is 20.2 Å². The smallest absolute Gasteiger partial charge is 0.166 e. The number of aromatic nitrogens is 2. The third kappa shape index (κ3) is 3.26. The van der Waals surface area contributed by atoms with Crippen LogP contribution in [0.15, 0.2) is 23.4 Å². The molecule has 1 saturated heterocycles. The van der Waals surface area contributed by atoms with E-state index in [0.717, 1.165) is 49.1 Å². The second-order valence-corrected chi connectivity index (χ2v) is 5.73. The largest absolute Gasteiger partial charge is 0.333 e. The van der Waals surface area contributed by atoms with Gasteiger partial charge in [-0.1, -0.05) is 11.8 Å². The highest BCUT2D eigenvalue weighted by Gasteiger charge is 2.10. The minimum Gasteiger partial charge on any atom is -0.333 e. The molecule has 2 aromatic rings. The Kier molecular flexibility index (Phi) is 4.00. The van der Waals surface area contributed by atoms with Gasteiger partial charge in [-0.05, 0) is 12.1 Å². The van der Waals surface area contributed by atoms with Crippen molar-refractivity contribution in [2.24, 2.45) is 0 Å². The van der Waals surface area contributed by atoms with E-state index in [1.54, 1.807) is 17.8 Å². The molecule has 3 rings (SSSR count). The van der Waals surface area contributed by atoms with Gasteiger partial charge < -0.3 is 10.3 Å². The van der Waals surface area contributed by atoms with Gasteiger partial charge in [-0.3, -0.25) is 4.90 Å². The van der Waals surface area contributed by atoms with E-state index < -0.39 is 0 Å². The zero-order valence-electron chi connectivity index (χ0n) is 10.7. The maximum Gasteiger partial charge on any atom is 0.166 e. The highest BCUT2D eigenvalue weighted by atomic mass is 32.2. The van der Waals surface area contributed by atoms with Gasteiger partial charge in [0.05, 0.1) is 11.0 Å². The quantitative estimate of drug-likeness (QED) is 0.837. The number of halogens is 1. The van der Waals surface area contributed by atoms with Crippen LogP contribution in [-0.4, -0.2) is 53.3 Å². The molecule has 19 heavy (non-hydrogen) atoms. The van der Waals surface area contributed by atoms with Crippen LogP contribution in [0.2, 0.25) is 0 Å². The highest BCUT2D eigenvalue weighted by molar-refractivity contribution is 7.99. The fourth-order valence-electron chi connectivity index (χ4n) is 2.23. The molecule has 0 spiro atoms. The first-order chi connectivity index (χ1) is 9.31. The number of nitrogens with zero attached hydrogens (tertiary/aromatic N) is 2. The summed E-state index contributed by atoms with van der Waals surface area (Å²) in [6, 6.07) is 4.65. The number of piperazine rings is 1.